The first-order valence-corrected chi connectivity index (χ1v) is 8.15. The number of hydrogen-bond acceptors (Lipinski definition) is 4. The van der Waals surface area contributed by atoms with Crippen LogP contribution < -0.4 is 9.88 Å². The van der Waals surface area contributed by atoms with E-state index in [0.29, 0.717) is 19.0 Å². The topological polar surface area (TPSA) is 87.2 Å². The normalized spacial score (nSPS) is 11.6. The van der Waals surface area contributed by atoms with E-state index in [-0.39, 0.29) is 5.03 Å². The largest absolute Gasteiger partial charge is 0.492 e. The van der Waals surface area contributed by atoms with E-state index in [1.54, 1.807) is 11.5 Å². The number of ether oxygens (including phenoxy) is 1. The van der Waals surface area contributed by atoms with Crippen molar-refractivity contribution in [2.24, 2.45) is 5.14 Å². The van der Waals surface area contributed by atoms with Gasteiger partial charge in [0.05, 0.1) is 6.54 Å². The third kappa shape index (κ3) is 3.81. The Labute approximate surface area is 125 Å². The number of benzene rings is 1. The summed E-state index contributed by atoms with van der Waals surface area (Å²) in [6.07, 6.45) is 1.41. The molecule has 2 rings (SSSR count). The number of imidazole rings is 1. The van der Waals surface area contributed by atoms with Crippen LogP contribution in [0.4, 0.5) is 0 Å². The third-order valence-electron chi connectivity index (χ3n) is 2.64. The fourth-order valence-electron chi connectivity index (χ4n) is 1.66. The Balaban J connectivity index is 2.00. The van der Waals surface area contributed by atoms with Crippen LogP contribution >= 0.6 is 15.9 Å². The third-order valence-corrected chi connectivity index (χ3v) is 3.92. The molecule has 108 valence electrons. The SMILES string of the molecule is Cc1nc(S(N)(=O)=O)cn1CCOc1cccc(Br)c1. The van der Waals surface area contributed by atoms with Crippen LogP contribution in [0.5, 0.6) is 5.75 Å². The summed E-state index contributed by atoms with van der Waals surface area (Å²) in [5, 5.41) is 4.91. The van der Waals surface area contributed by atoms with Crippen LogP contribution in [0.2, 0.25) is 0 Å². The van der Waals surface area contributed by atoms with E-state index in [1.165, 1.54) is 6.20 Å². The van der Waals surface area contributed by atoms with Gasteiger partial charge in [-0.2, -0.15) is 0 Å². The van der Waals surface area contributed by atoms with Gasteiger partial charge in [-0.05, 0) is 25.1 Å². The maximum absolute atomic E-state index is 11.2. The Kier molecular flexibility index (Phi) is 4.46. The highest BCUT2D eigenvalue weighted by Gasteiger charge is 2.14. The summed E-state index contributed by atoms with van der Waals surface area (Å²) in [5.41, 5.74) is 0. The molecular formula is C12H14BrN3O3S. The van der Waals surface area contributed by atoms with Crippen molar-refractivity contribution in [1.29, 1.82) is 0 Å². The lowest BCUT2D eigenvalue weighted by atomic mass is 10.3. The van der Waals surface area contributed by atoms with Crippen molar-refractivity contribution in [3.63, 3.8) is 0 Å². The first-order chi connectivity index (χ1) is 9.36. The van der Waals surface area contributed by atoms with E-state index < -0.39 is 10.0 Å². The molecule has 0 aliphatic rings. The summed E-state index contributed by atoms with van der Waals surface area (Å²) >= 11 is 3.36. The van der Waals surface area contributed by atoms with Crippen molar-refractivity contribution in [3.8, 4) is 5.75 Å². The fourth-order valence-corrected chi connectivity index (χ4v) is 2.57. The molecule has 0 unspecified atom stereocenters. The highest BCUT2D eigenvalue weighted by atomic mass is 79.9. The molecule has 1 aromatic heterocycles. The highest BCUT2D eigenvalue weighted by Crippen LogP contribution is 2.17. The Bertz CT molecular complexity index is 712. The van der Waals surface area contributed by atoms with E-state index in [1.807, 2.05) is 24.3 Å². The smallest absolute Gasteiger partial charge is 0.257 e. The van der Waals surface area contributed by atoms with E-state index >= 15 is 0 Å². The molecule has 0 saturated heterocycles. The second-order valence-corrected chi connectivity index (χ2v) is 6.59. The average Bonchev–Trinajstić information content (AvgIpc) is 2.71. The maximum Gasteiger partial charge on any atom is 0.257 e. The van der Waals surface area contributed by atoms with Crippen LogP contribution in [0.25, 0.3) is 0 Å². The number of aryl methyl sites for hydroxylation is 1. The molecule has 2 aromatic rings. The summed E-state index contributed by atoms with van der Waals surface area (Å²) < 4.78 is 30.6. The zero-order valence-electron chi connectivity index (χ0n) is 10.8. The predicted octanol–water partition coefficient (Wildman–Crippen LogP) is 1.68. The van der Waals surface area contributed by atoms with Crippen LogP contribution in [-0.2, 0) is 16.6 Å². The molecule has 20 heavy (non-hydrogen) atoms. The van der Waals surface area contributed by atoms with Crippen LogP contribution in [0.15, 0.2) is 40.0 Å². The molecule has 1 heterocycles. The quantitative estimate of drug-likeness (QED) is 0.879. The average molecular weight is 360 g/mol. The minimum atomic E-state index is -3.77. The molecule has 0 spiro atoms. The summed E-state index contributed by atoms with van der Waals surface area (Å²) in [4.78, 5) is 3.91. The monoisotopic (exact) mass is 359 g/mol. The molecule has 1 aromatic carbocycles. The van der Waals surface area contributed by atoms with Gasteiger partial charge in [0, 0.05) is 10.7 Å². The lowest BCUT2D eigenvalue weighted by molar-refractivity contribution is 0.297. The lowest BCUT2D eigenvalue weighted by Gasteiger charge is -2.08. The number of halogens is 1. The number of sulfonamides is 1. The van der Waals surface area contributed by atoms with Crippen LogP contribution in [0.1, 0.15) is 5.82 Å². The Morgan fingerprint density at radius 1 is 1.45 bits per heavy atom. The van der Waals surface area contributed by atoms with Gasteiger partial charge in [-0.1, -0.05) is 22.0 Å². The van der Waals surface area contributed by atoms with Gasteiger partial charge in [-0.25, -0.2) is 18.5 Å². The van der Waals surface area contributed by atoms with E-state index in [9.17, 15) is 8.42 Å². The molecule has 0 aliphatic heterocycles. The summed E-state index contributed by atoms with van der Waals surface area (Å²) in [6, 6.07) is 7.49. The summed E-state index contributed by atoms with van der Waals surface area (Å²) in [5.74, 6) is 1.32. The molecule has 0 saturated carbocycles. The zero-order chi connectivity index (χ0) is 14.8. The van der Waals surface area contributed by atoms with Gasteiger partial charge in [0.2, 0.25) is 0 Å². The second kappa shape index (κ2) is 5.94. The number of nitrogens with zero attached hydrogens (tertiary/aromatic N) is 2. The molecule has 0 atom stereocenters. The number of hydrogen-bond donors (Lipinski definition) is 1. The fraction of sp³-hybridized carbons (Fsp3) is 0.250. The van der Waals surface area contributed by atoms with Gasteiger partial charge >= 0.3 is 0 Å². The van der Waals surface area contributed by atoms with Gasteiger partial charge in [0.1, 0.15) is 18.2 Å². The van der Waals surface area contributed by atoms with Gasteiger partial charge in [-0.15, -0.1) is 0 Å². The Hall–Kier alpha value is -1.38. The minimum absolute atomic E-state index is 0.127. The number of rotatable bonds is 5. The number of primary sulfonamides is 1. The van der Waals surface area contributed by atoms with Crippen molar-refractivity contribution in [3.05, 3.63) is 40.8 Å². The first-order valence-electron chi connectivity index (χ1n) is 5.81. The molecule has 0 aliphatic carbocycles. The van der Waals surface area contributed by atoms with Gasteiger partial charge in [0.15, 0.2) is 5.03 Å². The summed E-state index contributed by atoms with van der Waals surface area (Å²) in [7, 11) is -3.77. The van der Waals surface area contributed by atoms with Crippen molar-refractivity contribution in [1.82, 2.24) is 9.55 Å². The van der Waals surface area contributed by atoms with Crippen molar-refractivity contribution < 1.29 is 13.2 Å². The number of aromatic nitrogens is 2. The van der Waals surface area contributed by atoms with Crippen molar-refractivity contribution >= 4 is 26.0 Å². The summed E-state index contributed by atoms with van der Waals surface area (Å²) in [6.45, 7) is 2.60. The van der Waals surface area contributed by atoms with E-state index in [2.05, 4.69) is 20.9 Å². The molecule has 0 fully saturated rings. The minimum Gasteiger partial charge on any atom is -0.492 e. The molecule has 0 bridgehead atoms. The Morgan fingerprint density at radius 3 is 2.80 bits per heavy atom. The predicted molar refractivity (Wildman–Crippen MR) is 78.0 cm³/mol. The first kappa shape index (κ1) is 15.0. The van der Waals surface area contributed by atoms with Crippen LogP contribution in [0, 0.1) is 6.92 Å². The molecular weight excluding hydrogens is 346 g/mol. The van der Waals surface area contributed by atoms with Crippen molar-refractivity contribution in [2.75, 3.05) is 6.61 Å². The second-order valence-electron chi connectivity index (χ2n) is 4.17. The standard InChI is InChI=1S/C12H14BrN3O3S/c1-9-15-12(20(14,17)18)8-16(9)5-6-19-11-4-2-3-10(13)7-11/h2-4,7-8H,5-6H2,1H3,(H2,14,17,18). The Morgan fingerprint density at radius 2 is 2.20 bits per heavy atom. The molecule has 8 heteroatoms. The number of nitrogens with two attached hydrogens (primary N) is 1. The zero-order valence-corrected chi connectivity index (χ0v) is 13.2. The molecule has 0 radical (unpaired) electrons. The van der Waals surface area contributed by atoms with Gasteiger partial charge in [-0.3, -0.25) is 0 Å². The maximum atomic E-state index is 11.2. The van der Waals surface area contributed by atoms with Gasteiger partial charge in [0.25, 0.3) is 10.0 Å². The molecule has 6 nitrogen and oxygen atoms in total. The van der Waals surface area contributed by atoms with E-state index in [4.69, 9.17) is 9.88 Å². The van der Waals surface area contributed by atoms with Gasteiger partial charge < -0.3 is 9.30 Å². The lowest BCUT2D eigenvalue weighted by Crippen LogP contribution is -2.12. The molecule has 0 amide bonds. The van der Waals surface area contributed by atoms with Crippen LogP contribution in [-0.4, -0.2) is 24.6 Å². The van der Waals surface area contributed by atoms with E-state index in [0.717, 1.165) is 10.2 Å². The highest BCUT2D eigenvalue weighted by molar-refractivity contribution is 9.10. The molecule has 2 N–H and O–H groups in total. The van der Waals surface area contributed by atoms with Crippen LogP contribution in [0.3, 0.4) is 0 Å². The van der Waals surface area contributed by atoms with Crippen molar-refractivity contribution in [2.45, 2.75) is 18.5 Å².